The number of rotatable bonds is 6. The van der Waals surface area contributed by atoms with Crippen molar-refractivity contribution < 1.29 is 9.53 Å². The Kier molecular flexibility index (Phi) is 8.94. The van der Waals surface area contributed by atoms with Crippen molar-refractivity contribution in [2.45, 2.75) is 48.0 Å². The van der Waals surface area contributed by atoms with Crippen LogP contribution in [0.5, 0.6) is 5.75 Å². The van der Waals surface area contributed by atoms with Crippen molar-refractivity contribution in [3.05, 3.63) is 29.8 Å². The van der Waals surface area contributed by atoms with E-state index in [1.54, 1.807) is 7.11 Å². The lowest BCUT2D eigenvalue weighted by Gasteiger charge is -2.21. The number of carbonyl (C=O) groups excluding carboxylic acids is 1. The van der Waals surface area contributed by atoms with Gasteiger partial charge in [-0.3, -0.25) is 4.79 Å². The van der Waals surface area contributed by atoms with Gasteiger partial charge in [-0.2, -0.15) is 0 Å². The first-order chi connectivity index (χ1) is 9.45. The topological polar surface area (TPSA) is 26.3 Å². The van der Waals surface area contributed by atoms with Crippen LogP contribution in [-0.4, -0.2) is 12.9 Å². The fourth-order valence-corrected chi connectivity index (χ4v) is 2.11. The summed E-state index contributed by atoms with van der Waals surface area (Å²) in [7, 11) is 1.66. The zero-order chi connectivity index (χ0) is 15.7. The Hall–Kier alpha value is -1.31. The van der Waals surface area contributed by atoms with E-state index in [1.165, 1.54) is 5.56 Å². The van der Waals surface area contributed by atoms with E-state index >= 15 is 0 Å². The van der Waals surface area contributed by atoms with E-state index in [2.05, 4.69) is 13.8 Å². The summed E-state index contributed by atoms with van der Waals surface area (Å²) < 4.78 is 5.14. The molecule has 1 rings (SSSR count). The first-order valence-corrected chi connectivity index (χ1v) is 7.62. The van der Waals surface area contributed by atoms with Crippen LogP contribution in [0.2, 0.25) is 0 Å². The van der Waals surface area contributed by atoms with Gasteiger partial charge < -0.3 is 4.74 Å². The molecule has 0 radical (unpaired) electrons. The molecule has 2 heteroatoms. The second-order valence-electron chi connectivity index (χ2n) is 5.46. The minimum Gasteiger partial charge on any atom is -0.497 e. The smallest absolute Gasteiger partial charge is 0.139 e. The van der Waals surface area contributed by atoms with Crippen LogP contribution in [0.15, 0.2) is 24.3 Å². The van der Waals surface area contributed by atoms with Crippen LogP contribution in [0, 0.1) is 17.8 Å². The molecule has 0 bridgehead atoms. The van der Waals surface area contributed by atoms with Crippen molar-refractivity contribution >= 4 is 5.78 Å². The van der Waals surface area contributed by atoms with E-state index in [0.29, 0.717) is 11.7 Å². The van der Waals surface area contributed by atoms with E-state index in [4.69, 9.17) is 4.74 Å². The number of benzene rings is 1. The van der Waals surface area contributed by atoms with Gasteiger partial charge in [0.1, 0.15) is 11.5 Å². The highest BCUT2D eigenvalue weighted by Gasteiger charge is 2.24. The molecule has 0 aromatic heterocycles. The van der Waals surface area contributed by atoms with Crippen molar-refractivity contribution in [3.8, 4) is 5.75 Å². The third kappa shape index (κ3) is 5.77. The SMILES string of the molecule is CC.COc1ccc(CC(C(=O)C(C)C)C(C)C)cc1. The molecule has 0 heterocycles. The fourth-order valence-electron chi connectivity index (χ4n) is 2.11. The standard InChI is InChI=1S/C16H24O2.C2H6/c1-11(2)15(16(17)12(3)4)10-13-6-8-14(18-5)9-7-13;1-2/h6-9,11-12,15H,10H2,1-5H3;1-2H3. The van der Waals surface area contributed by atoms with Gasteiger partial charge in [-0.15, -0.1) is 0 Å². The molecular weight excluding hydrogens is 248 g/mol. The number of ether oxygens (including phenoxy) is 1. The molecule has 0 aliphatic heterocycles. The van der Waals surface area contributed by atoms with Gasteiger partial charge >= 0.3 is 0 Å². The lowest BCUT2D eigenvalue weighted by atomic mass is 9.82. The third-order valence-corrected chi connectivity index (χ3v) is 3.35. The van der Waals surface area contributed by atoms with E-state index in [-0.39, 0.29) is 11.8 Å². The molecule has 0 fully saturated rings. The molecule has 0 N–H and O–H groups in total. The van der Waals surface area contributed by atoms with Gasteiger partial charge in [0.2, 0.25) is 0 Å². The van der Waals surface area contributed by atoms with Crippen molar-refractivity contribution in [3.63, 3.8) is 0 Å². The molecule has 114 valence electrons. The summed E-state index contributed by atoms with van der Waals surface area (Å²) in [5, 5.41) is 0. The van der Waals surface area contributed by atoms with Gasteiger partial charge in [0.05, 0.1) is 7.11 Å². The Balaban J connectivity index is 0.00000172. The molecule has 1 aromatic carbocycles. The number of Topliss-reactive ketones (excluding diaryl/α,β-unsaturated/α-hetero) is 1. The molecular formula is C18H30O2. The first kappa shape index (κ1) is 18.7. The van der Waals surface area contributed by atoms with Crippen LogP contribution >= 0.6 is 0 Å². The van der Waals surface area contributed by atoms with Crippen molar-refractivity contribution in [2.24, 2.45) is 17.8 Å². The highest BCUT2D eigenvalue weighted by molar-refractivity contribution is 5.83. The maximum Gasteiger partial charge on any atom is 0.139 e. The summed E-state index contributed by atoms with van der Waals surface area (Å²) in [4.78, 5) is 12.2. The maximum atomic E-state index is 12.2. The van der Waals surface area contributed by atoms with E-state index in [9.17, 15) is 4.79 Å². The normalized spacial score (nSPS) is 11.8. The molecule has 0 amide bonds. The van der Waals surface area contributed by atoms with Crippen LogP contribution in [-0.2, 0) is 11.2 Å². The summed E-state index contributed by atoms with van der Waals surface area (Å²) in [6.07, 6.45) is 0.818. The number of hydrogen-bond donors (Lipinski definition) is 0. The maximum absolute atomic E-state index is 12.2. The Bertz CT molecular complexity index is 377. The lowest BCUT2D eigenvalue weighted by Crippen LogP contribution is -2.26. The molecule has 1 aromatic rings. The summed E-state index contributed by atoms with van der Waals surface area (Å²) in [5.41, 5.74) is 1.20. The number of ketones is 1. The fraction of sp³-hybridized carbons (Fsp3) is 0.611. The van der Waals surface area contributed by atoms with Gasteiger partial charge in [-0.05, 0) is 30.0 Å². The highest BCUT2D eigenvalue weighted by Crippen LogP contribution is 2.23. The molecule has 0 spiro atoms. The second-order valence-corrected chi connectivity index (χ2v) is 5.46. The Morgan fingerprint density at radius 2 is 1.55 bits per heavy atom. The summed E-state index contributed by atoms with van der Waals surface area (Å²) in [6.45, 7) is 12.2. The van der Waals surface area contributed by atoms with E-state index in [1.807, 2.05) is 52.0 Å². The molecule has 1 unspecified atom stereocenters. The van der Waals surface area contributed by atoms with Gasteiger partial charge in [-0.25, -0.2) is 0 Å². The molecule has 20 heavy (non-hydrogen) atoms. The molecule has 0 saturated heterocycles. The van der Waals surface area contributed by atoms with Crippen molar-refractivity contribution in [1.29, 1.82) is 0 Å². The zero-order valence-corrected chi connectivity index (χ0v) is 14.1. The molecule has 0 saturated carbocycles. The van der Waals surface area contributed by atoms with Crippen molar-refractivity contribution in [1.82, 2.24) is 0 Å². The molecule has 0 aliphatic rings. The molecule has 1 atom stereocenters. The predicted octanol–water partition coefficient (Wildman–Crippen LogP) is 4.76. The van der Waals surface area contributed by atoms with Gasteiger partial charge in [0.25, 0.3) is 0 Å². The predicted molar refractivity (Wildman–Crippen MR) is 86.2 cm³/mol. The Labute approximate surface area is 124 Å². The van der Waals surface area contributed by atoms with Crippen LogP contribution in [0.3, 0.4) is 0 Å². The van der Waals surface area contributed by atoms with Gasteiger partial charge in [0.15, 0.2) is 0 Å². The van der Waals surface area contributed by atoms with Gasteiger partial charge in [-0.1, -0.05) is 53.7 Å². The minimum atomic E-state index is 0.107. The monoisotopic (exact) mass is 278 g/mol. The molecule has 2 nitrogen and oxygen atoms in total. The van der Waals surface area contributed by atoms with Crippen LogP contribution in [0.4, 0.5) is 0 Å². The Morgan fingerprint density at radius 1 is 1.05 bits per heavy atom. The van der Waals surface area contributed by atoms with Crippen molar-refractivity contribution in [2.75, 3.05) is 7.11 Å². The zero-order valence-electron chi connectivity index (χ0n) is 14.1. The molecule has 0 aliphatic carbocycles. The average Bonchev–Trinajstić information content (AvgIpc) is 2.46. The average molecular weight is 278 g/mol. The number of hydrogen-bond acceptors (Lipinski definition) is 2. The van der Waals surface area contributed by atoms with E-state index in [0.717, 1.165) is 12.2 Å². The first-order valence-electron chi connectivity index (χ1n) is 7.62. The highest BCUT2D eigenvalue weighted by atomic mass is 16.5. The summed E-state index contributed by atoms with van der Waals surface area (Å²) in [6, 6.07) is 7.99. The van der Waals surface area contributed by atoms with Crippen LogP contribution in [0.25, 0.3) is 0 Å². The van der Waals surface area contributed by atoms with E-state index < -0.39 is 0 Å². The number of carbonyl (C=O) groups is 1. The lowest BCUT2D eigenvalue weighted by molar-refractivity contribution is -0.127. The largest absolute Gasteiger partial charge is 0.497 e. The van der Waals surface area contributed by atoms with Gasteiger partial charge in [0, 0.05) is 11.8 Å². The minimum absolute atomic E-state index is 0.107. The van der Waals surface area contributed by atoms with Crippen LogP contribution in [0.1, 0.15) is 47.1 Å². The summed E-state index contributed by atoms with van der Waals surface area (Å²) in [5.74, 6) is 1.81. The quantitative estimate of drug-likeness (QED) is 0.750. The third-order valence-electron chi connectivity index (χ3n) is 3.35. The van der Waals surface area contributed by atoms with Crippen LogP contribution < -0.4 is 4.74 Å². The second kappa shape index (κ2) is 9.57. The number of methoxy groups -OCH3 is 1. The summed E-state index contributed by atoms with van der Waals surface area (Å²) >= 11 is 0. The Morgan fingerprint density at radius 3 is 1.90 bits per heavy atom.